The van der Waals surface area contributed by atoms with Gasteiger partial charge in [-0.2, -0.15) is 0 Å². The number of benzene rings is 1. The van der Waals surface area contributed by atoms with E-state index in [0.717, 1.165) is 16.8 Å². The van der Waals surface area contributed by atoms with E-state index in [1.165, 1.54) is 11.8 Å². The number of carbonyl (C=O) groups excluding carboxylic acids is 1. The molecule has 0 fully saturated rings. The number of hydrogen-bond acceptors (Lipinski definition) is 5. The molecule has 1 amide bonds. The molecule has 3 N–H and O–H groups in total. The van der Waals surface area contributed by atoms with Gasteiger partial charge in [-0.3, -0.25) is 9.36 Å². The van der Waals surface area contributed by atoms with Crippen LogP contribution < -0.4 is 11.1 Å². The number of nitrogens with zero attached hydrogens (tertiary/aromatic N) is 3. The molecule has 0 atom stereocenters. The smallest absolute Gasteiger partial charge is 0.234 e. The summed E-state index contributed by atoms with van der Waals surface area (Å²) in [5.41, 5.74) is 8.65. The van der Waals surface area contributed by atoms with Crippen LogP contribution in [0.25, 0.3) is 0 Å². The Hall–Kier alpha value is -2.02. The largest absolute Gasteiger partial charge is 0.368 e. The minimum Gasteiger partial charge on any atom is -0.368 e. The Bertz CT molecular complexity index is 638. The summed E-state index contributed by atoms with van der Waals surface area (Å²) in [7, 11) is 1.76. The summed E-state index contributed by atoms with van der Waals surface area (Å²) in [5, 5.41) is 11.2. The highest BCUT2D eigenvalue weighted by molar-refractivity contribution is 7.99. The van der Waals surface area contributed by atoms with Gasteiger partial charge in [0.15, 0.2) is 5.16 Å². The fourth-order valence-electron chi connectivity index (χ4n) is 1.65. The summed E-state index contributed by atoms with van der Waals surface area (Å²) < 4.78 is 1.65. The number of nitrogens with one attached hydrogen (secondary N) is 1. The topological polar surface area (TPSA) is 85.8 Å². The number of nitrogen functional groups attached to an aromatic ring is 1. The van der Waals surface area contributed by atoms with Gasteiger partial charge < -0.3 is 11.1 Å². The molecule has 20 heavy (non-hydrogen) atoms. The summed E-state index contributed by atoms with van der Waals surface area (Å²) in [5.74, 6) is 0.520. The molecule has 0 bridgehead atoms. The van der Waals surface area contributed by atoms with E-state index in [1.54, 1.807) is 11.6 Å². The normalized spacial score (nSPS) is 10.6. The second-order valence-electron chi connectivity index (χ2n) is 4.48. The van der Waals surface area contributed by atoms with Crippen LogP contribution in [0.15, 0.2) is 23.4 Å². The van der Waals surface area contributed by atoms with E-state index in [9.17, 15) is 4.79 Å². The van der Waals surface area contributed by atoms with Gasteiger partial charge in [0.05, 0.1) is 5.75 Å². The number of hydrogen-bond donors (Lipinski definition) is 2. The zero-order valence-electron chi connectivity index (χ0n) is 11.7. The molecule has 0 aliphatic rings. The molecule has 0 radical (unpaired) electrons. The average Bonchev–Trinajstić information content (AvgIpc) is 2.73. The molecular weight excluding hydrogens is 274 g/mol. The Balaban J connectivity index is 1.96. The minimum atomic E-state index is -0.0785. The molecule has 1 aromatic carbocycles. The van der Waals surface area contributed by atoms with Crippen LogP contribution in [0.1, 0.15) is 11.1 Å². The molecule has 2 aromatic rings. The van der Waals surface area contributed by atoms with Crippen molar-refractivity contribution >= 4 is 29.3 Å². The zero-order chi connectivity index (χ0) is 14.7. The lowest BCUT2D eigenvalue weighted by Crippen LogP contribution is -2.15. The lowest BCUT2D eigenvalue weighted by molar-refractivity contribution is -0.113. The Morgan fingerprint density at radius 1 is 1.40 bits per heavy atom. The van der Waals surface area contributed by atoms with E-state index >= 15 is 0 Å². The Kier molecular flexibility index (Phi) is 4.29. The van der Waals surface area contributed by atoms with Gasteiger partial charge in [-0.1, -0.05) is 23.9 Å². The molecule has 0 unspecified atom stereocenters. The van der Waals surface area contributed by atoms with Gasteiger partial charge in [0.2, 0.25) is 11.9 Å². The minimum absolute atomic E-state index is 0.0785. The molecule has 0 aliphatic heterocycles. The van der Waals surface area contributed by atoms with E-state index in [2.05, 4.69) is 15.5 Å². The predicted octanol–water partition coefficient (Wildman–Crippen LogP) is 1.74. The first-order valence-electron chi connectivity index (χ1n) is 6.12. The molecule has 0 saturated heterocycles. The average molecular weight is 291 g/mol. The van der Waals surface area contributed by atoms with Crippen LogP contribution in [0.4, 0.5) is 11.6 Å². The first kappa shape index (κ1) is 14.4. The molecule has 6 nitrogen and oxygen atoms in total. The molecule has 7 heteroatoms. The summed E-state index contributed by atoms with van der Waals surface area (Å²) in [4.78, 5) is 11.9. The van der Waals surface area contributed by atoms with Gasteiger partial charge in [-0.15, -0.1) is 10.2 Å². The predicted molar refractivity (Wildman–Crippen MR) is 80.7 cm³/mol. The number of aryl methyl sites for hydroxylation is 1. The van der Waals surface area contributed by atoms with Crippen molar-refractivity contribution in [2.75, 3.05) is 16.8 Å². The van der Waals surface area contributed by atoms with Crippen LogP contribution in [0.3, 0.4) is 0 Å². The number of carbonyl (C=O) groups is 1. The van der Waals surface area contributed by atoms with Crippen molar-refractivity contribution in [2.45, 2.75) is 19.0 Å². The third-order valence-corrected chi connectivity index (χ3v) is 4.10. The van der Waals surface area contributed by atoms with E-state index in [4.69, 9.17) is 5.73 Å². The molecule has 1 aromatic heterocycles. The number of nitrogens with two attached hydrogens (primary N) is 1. The monoisotopic (exact) mass is 291 g/mol. The van der Waals surface area contributed by atoms with Gasteiger partial charge >= 0.3 is 0 Å². The maximum Gasteiger partial charge on any atom is 0.234 e. The van der Waals surface area contributed by atoms with Gasteiger partial charge in [0.1, 0.15) is 0 Å². The zero-order valence-corrected chi connectivity index (χ0v) is 12.5. The highest BCUT2D eigenvalue weighted by atomic mass is 32.2. The van der Waals surface area contributed by atoms with E-state index < -0.39 is 0 Å². The third kappa shape index (κ3) is 3.11. The highest BCUT2D eigenvalue weighted by Gasteiger charge is 2.10. The number of anilines is 2. The lowest BCUT2D eigenvalue weighted by atomic mass is 10.1. The SMILES string of the molecule is Cc1cccc(NC(=O)CSc2nnc(N)n2C)c1C. The summed E-state index contributed by atoms with van der Waals surface area (Å²) in [6, 6.07) is 5.84. The van der Waals surface area contributed by atoms with Crippen molar-refractivity contribution in [3.63, 3.8) is 0 Å². The Morgan fingerprint density at radius 2 is 2.15 bits per heavy atom. The highest BCUT2D eigenvalue weighted by Crippen LogP contribution is 2.20. The van der Waals surface area contributed by atoms with Crippen LogP contribution in [-0.2, 0) is 11.8 Å². The van der Waals surface area contributed by atoms with Crippen molar-refractivity contribution in [1.82, 2.24) is 14.8 Å². The molecule has 0 aliphatic carbocycles. The molecule has 0 spiro atoms. The molecular formula is C13H17N5OS. The number of rotatable bonds is 4. The quantitative estimate of drug-likeness (QED) is 0.838. The Morgan fingerprint density at radius 3 is 2.80 bits per heavy atom. The standard InChI is InChI=1S/C13H17N5OS/c1-8-5-4-6-10(9(8)2)15-11(19)7-20-13-17-16-12(14)18(13)3/h4-6H,7H2,1-3H3,(H2,14,16)(H,15,19). The third-order valence-electron chi connectivity index (χ3n) is 3.08. The molecule has 2 rings (SSSR count). The van der Waals surface area contributed by atoms with Crippen molar-refractivity contribution < 1.29 is 4.79 Å². The van der Waals surface area contributed by atoms with E-state index in [0.29, 0.717) is 11.1 Å². The van der Waals surface area contributed by atoms with Gasteiger partial charge in [0, 0.05) is 12.7 Å². The van der Waals surface area contributed by atoms with Gasteiger partial charge in [0.25, 0.3) is 0 Å². The molecule has 1 heterocycles. The Labute approximate surface area is 121 Å². The second kappa shape index (κ2) is 5.96. The second-order valence-corrected chi connectivity index (χ2v) is 5.43. The maximum atomic E-state index is 11.9. The summed E-state index contributed by atoms with van der Waals surface area (Å²) in [6.45, 7) is 4.00. The van der Waals surface area contributed by atoms with Crippen LogP contribution in [0.2, 0.25) is 0 Å². The van der Waals surface area contributed by atoms with Gasteiger partial charge in [-0.05, 0) is 31.0 Å². The van der Waals surface area contributed by atoms with Crippen LogP contribution in [-0.4, -0.2) is 26.4 Å². The summed E-state index contributed by atoms with van der Waals surface area (Å²) >= 11 is 1.30. The van der Waals surface area contributed by atoms with Crippen molar-refractivity contribution in [3.05, 3.63) is 29.3 Å². The van der Waals surface area contributed by atoms with Crippen LogP contribution >= 0.6 is 11.8 Å². The fraction of sp³-hybridized carbons (Fsp3) is 0.308. The van der Waals surface area contributed by atoms with E-state index in [1.807, 2.05) is 32.0 Å². The van der Waals surface area contributed by atoms with Gasteiger partial charge in [-0.25, -0.2) is 0 Å². The van der Waals surface area contributed by atoms with Crippen molar-refractivity contribution in [3.8, 4) is 0 Å². The first-order chi connectivity index (χ1) is 9.49. The van der Waals surface area contributed by atoms with Crippen LogP contribution in [0, 0.1) is 13.8 Å². The number of thioether (sulfide) groups is 1. The van der Waals surface area contributed by atoms with Crippen molar-refractivity contribution in [2.24, 2.45) is 7.05 Å². The summed E-state index contributed by atoms with van der Waals surface area (Å²) in [6.07, 6.45) is 0. The molecule has 106 valence electrons. The molecule has 0 saturated carbocycles. The van der Waals surface area contributed by atoms with Crippen LogP contribution in [0.5, 0.6) is 0 Å². The number of aromatic nitrogens is 3. The van der Waals surface area contributed by atoms with E-state index in [-0.39, 0.29) is 11.7 Å². The van der Waals surface area contributed by atoms with Crippen molar-refractivity contribution in [1.29, 1.82) is 0 Å². The first-order valence-corrected chi connectivity index (χ1v) is 7.11. The number of amides is 1. The lowest BCUT2D eigenvalue weighted by Gasteiger charge is -2.10. The maximum absolute atomic E-state index is 11.9. The fourth-order valence-corrected chi connectivity index (χ4v) is 2.37.